The topological polar surface area (TPSA) is 59.1 Å². The molecule has 0 radical (unpaired) electrons. The molecule has 134 valence electrons. The molecule has 0 bridgehead atoms. The van der Waals surface area contributed by atoms with Gasteiger partial charge in [-0.05, 0) is 44.2 Å². The van der Waals surface area contributed by atoms with Crippen molar-refractivity contribution in [1.82, 2.24) is 9.97 Å². The van der Waals surface area contributed by atoms with E-state index >= 15 is 0 Å². The molecule has 1 aromatic heterocycles. The van der Waals surface area contributed by atoms with E-state index in [4.69, 9.17) is 16.3 Å². The monoisotopic (exact) mass is 372 g/mol. The van der Waals surface area contributed by atoms with Crippen molar-refractivity contribution < 1.29 is 9.13 Å². The molecule has 5 nitrogen and oxygen atoms in total. The van der Waals surface area contributed by atoms with E-state index in [1.807, 2.05) is 44.2 Å². The number of halogens is 2. The quantitative estimate of drug-likeness (QED) is 0.601. The minimum atomic E-state index is -0.475. The molecule has 0 fully saturated rings. The van der Waals surface area contributed by atoms with Gasteiger partial charge in [-0.2, -0.15) is 4.98 Å². The van der Waals surface area contributed by atoms with Crippen LogP contribution in [0.15, 0.2) is 48.5 Å². The molecular formula is C19H18ClFN4O. The second-order valence-electron chi connectivity index (χ2n) is 5.53. The summed E-state index contributed by atoms with van der Waals surface area (Å²) in [5.41, 5.74) is 2.18. The number of aryl methyl sites for hydroxylation is 1. The largest absolute Gasteiger partial charge is 0.492 e. The summed E-state index contributed by atoms with van der Waals surface area (Å²) in [7, 11) is 0. The molecule has 0 amide bonds. The summed E-state index contributed by atoms with van der Waals surface area (Å²) >= 11 is 5.81. The van der Waals surface area contributed by atoms with E-state index in [0.717, 1.165) is 17.1 Å². The number of hydrogen-bond donors (Lipinski definition) is 2. The minimum Gasteiger partial charge on any atom is -0.492 e. The number of ether oxygens (including phenoxy) is 1. The van der Waals surface area contributed by atoms with Crippen LogP contribution in [0.25, 0.3) is 0 Å². The highest BCUT2D eigenvalue weighted by Crippen LogP contribution is 2.28. The van der Waals surface area contributed by atoms with Crippen LogP contribution in [0.3, 0.4) is 0 Å². The van der Waals surface area contributed by atoms with Gasteiger partial charge in [0.25, 0.3) is 0 Å². The molecule has 0 spiro atoms. The highest BCUT2D eigenvalue weighted by atomic mass is 35.5. The van der Waals surface area contributed by atoms with Crippen LogP contribution < -0.4 is 15.4 Å². The minimum absolute atomic E-state index is 0.0339. The molecule has 0 aliphatic rings. The third-order valence-electron chi connectivity index (χ3n) is 3.48. The first-order valence-electron chi connectivity index (χ1n) is 8.12. The van der Waals surface area contributed by atoms with E-state index in [9.17, 15) is 4.39 Å². The van der Waals surface area contributed by atoms with Gasteiger partial charge in [-0.15, -0.1) is 0 Å². The molecule has 0 aliphatic heterocycles. The zero-order chi connectivity index (χ0) is 18.5. The normalized spacial score (nSPS) is 10.5. The van der Waals surface area contributed by atoms with Gasteiger partial charge in [0, 0.05) is 17.4 Å². The third kappa shape index (κ3) is 4.40. The maximum absolute atomic E-state index is 13.3. The first-order chi connectivity index (χ1) is 12.5. The zero-order valence-electron chi connectivity index (χ0n) is 14.4. The van der Waals surface area contributed by atoms with Gasteiger partial charge in [0.1, 0.15) is 17.4 Å². The summed E-state index contributed by atoms with van der Waals surface area (Å²) in [6.45, 7) is 4.37. The average molecular weight is 373 g/mol. The van der Waals surface area contributed by atoms with Gasteiger partial charge in [-0.25, -0.2) is 9.37 Å². The summed E-state index contributed by atoms with van der Waals surface area (Å²) in [6.07, 6.45) is 0. The highest BCUT2D eigenvalue weighted by molar-refractivity contribution is 6.31. The molecule has 2 N–H and O–H groups in total. The lowest BCUT2D eigenvalue weighted by Gasteiger charge is -2.13. The molecule has 7 heteroatoms. The Balaban J connectivity index is 1.85. The van der Waals surface area contributed by atoms with Crippen molar-refractivity contribution in [3.8, 4) is 5.75 Å². The second-order valence-corrected chi connectivity index (χ2v) is 5.93. The molecule has 0 saturated heterocycles. The number of para-hydroxylation sites is 2. The molecule has 0 aliphatic carbocycles. The van der Waals surface area contributed by atoms with Crippen molar-refractivity contribution in [3.05, 3.63) is 65.1 Å². The number of hydrogen-bond acceptors (Lipinski definition) is 5. The van der Waals surface area contributed by atoms with Crippen molar-refractivity contribution in [2.24, 2.45) is 0 Å². The van der Waals surface area contributed by atoms with Gasteiger partial charge in [-0.3, -0.25) is 0 Å². The number of rotatable bonds is 6. The van der Waals surface area contributed by atoms with Crippen LogP contribution in [0.5, 0.6) is 5.75 Å². The summed E-state index contributed by atoms with van der Waals surface area (Å²) < 4.78 is 18.9. The summed E-state index contributed by atoms with van der Waals surface area (Å²) in [5.74, 6) is 1.26. The number of nitrogens with one attached hydrogen (secondary N) is 2. The van der Waals surface area contributed by atoms with E-state index in [1.54, 1.807) is 6.07 Å². The molecule has 1 heterocycles. The van der Waals surface area contributed by atoms with E-state index in [2.05, 4.69) is 20.6 Å². The van der Waals surface area contributed by atoms with Crippen LogP contribution in [0, 0.1) is 12.7 Å². The second kappa shape index (κ2) is 8.01. The fourth-order valence-corrected chi connectivity index (χ4v) is 2.56. The van der Waals surface area contributed by atoms with Gasteiger partial charge in [0.15, 0.2) is 0 Å². The molecule has 3 aromatic rings. The predicted octanol–water partition coefficient (Wildman–Crippen LogP) is 5.46. The fourth-order valence-electron chi connectivity index (χ4n) is 2.38. The molecular weight excluding hydrogens is 355 g/mol. The smallest absolute Gasteiger partial charge is 0.229 e. The standard InChI is InChI=1S/C19H18ClFN4O/c1-3-26-17-7-5-4-6-16(17)24-18-10-12(2)22-19(25-18)23-13-8-9-15(21)14(20)11-13/h4-11H,3H2,1-2H3,(H2,22,23,24,25). The van der Waals surface area contributed by atoms with Crippen LogP contribution in [-0.2, 0) is 0 Å². The van der Waals surface area contributed by atoms with Crippen LogP contribution in [0.4, 0.5) is 27.5 Å². The van der Waals surface area contributed by atoms with Gasteiger partial charge in [0.2, 0.25) is 5.95 Å². The maximum Gasteiger partial charge on any atom is 0.229 e. The molecule has 0 saturated carbocycles. The SMILES string of the molecule is CCOc1ccccc1Nc1cc(C)nc(Nc2ccc(F)c(Cl)c2)n1. The summed E-state index contributed by atoms with van der Waals surface area (Å²) in [5, 5.41) is 6.31. The molecule has 0 atom stereocenters. The van der Waals surface area contributed by atoms with E-state index in [0.29, 0.717) is 24.1 Å². The number of benzene rings is 2. The Hall–Kier alpha value is -2.86. The molecule has 26 heavy (non-hydrogen) atoms. The Morgan fingerprint density at radius 1 is 1.08 bits per heavy atom. The first kappa shape index (κ1) is 17.9. The molecule has 3 rings (SSSR count). The number of anilines is 4. The van der Waals surface area contributed by atoms with Gasteiger partial charge < -0.3 is 15.4 Å². The number of nitrogens with zero attached hydrogens (tertiary/aromatic N) is 2. The van der Waals surface area contributed by atoms with E-state index in [1.165, 1.54) is 12.1 Å². The Morgan fingerprint density at radius 3 is 2.65 bits per heavy atom. The maximum atomic E-state index is 13.3. The van der Waals surface area contributed by atoms with Crippen LogP contribution in [0.1, 0.15) is 12.6 Å². The van der Waals surface area contributed by atoms with Gasteiger partial charge in [0.05, 0.1) is 17.3 Å². The van der Waals surface area contributed by atoms with Crippen LogP contribution in [-0.4, -0.2) is 16.6 Å². The molecule has 2 aromatic carbocycles. The lowest BCUT2D eigenvalue weighted by atomic mass is 10.3. The number of aromatic nitrogens is 2. The summed E-state index contributed by atoms with van der Waals surface area (Å²) in [6, 6.07) is 13.8. The van der Waals surface area contributed by atoms with E-state index < -0.39 is 5.82 Å². The van der Waals surface area contributed by atoms with Crippen LogP contribution in [0.2, 0.25) is 5.02 Å². The van der Waals surface area contributed by atoms with Crippen molar-refractivity contribution in [1.29, 1.82) is 0 Å². The van der Waals surface area contributed by atoms with E-state index in [-0.39, 0.29) is 5.02 Å². The van der Waals surface area contributed by atoms with Crippen molar-refractivity contribution in [3.63, 3.8) is 0 Å². The van der Waals surface area contributed by atoms with Gasteiger partial charge >= 0.3 is 0 Å². The average Bonchev–Trinajstić information content (AvgIpc) is 2.60. The Kier molecular flexibility index (Phi) is 5.53. The van der Waals surface area contributed by atoms with Crippen molar-refractivity contribution in [2.45, 2.75) is 13.8 Å². The summed E-state index contributed by atoms with van der Waals surface area (Å²) in [4.78, 5) is 8.80. The Morgan fingerprint density at radius 2 is 1.88 bits per heavy atom. The first-order valence-corrected chi connectivity index (χ1v) is 8.49. The highest BCUT2D eigenvalue weighted by Gasteiger charge is 2.08. The van der Waals surface area contributed by atoms with Crippen molar-refractivity contribution >= 4 is 34.7 Å². The lowest BCUT2D eigenvalue weighted by molar-refractivity contribution is 0.342. The predicted molar refractivity (Wildman–Crippen MR) is 102 cm³/mol. The van der Waals surface area contributed by atoms with Gasteiger partial charge in [-0.1, -0.05) is 23.7 Å². The Bertz CT molecular complexity index is 920. The third-order valence-corrected chi connectivity index (χ3v) is 3.77. The zero-order valence-corrected chi connectivity index (χ0v) is 15.1. The lowest BCUT2D eigenvalue weighted by Crippen LogP contribution is -2.03. The fraction of sp³-hybridized carbons (Fsp3) is 0.158. The van der Waals surface area contributed by atoms with Crippen molar-refractivity contribution in [2.75, 3.05) is 17.2 Å². The Labute approximate surface area is 156 Å². The van der Waals surface area contributed by atoms with Crippen LogP contribution >= 0.6 is 11.6 Å². The molecule has 0 unspecified atom stereocenters.